The molecule has 1 fully saturated rings. The molecule has 1 aliphatic heterocycles. The first-order valence-corrected chi connectivity index (χ1v) is 10.2. The Kier molecular flexibility index (Phi) is 6.51. The van der Waals surface area contributed by atoms with E-state index in [9.17, 15) is 14.7 Å². The van der Waals surface area contributed by atoms with Crippen molar-refractivity contribution in [2.75, 3.05) is 33.8 Å². The maximum atomic E-state index is 13.2. The number of carbonyl (C=O) groups is 2. The molecule has 0 aliphatic carbocycles. The topological polar surface area (TPSA) is 74.1 Å². The summed E-state index contributed by atoms with van der Waals surface area (Å²) in [5.41, 5.74) is 0.375. The number of nitrogens with zero attached hydrogens (tertiary/aromatic N) is 1. The fraction of sp³-hybridized carbons (Fsp3) is 0.273. The summed E-state index contributed by atoms with van der Waals surface area (Å²) in [6.07, 6.45) is 1.63. The lowest BCUT2D eigenvalue weighted by molar-refractivity contribution is -0.857. The van der Waals surface area contributed by atoms with Gasteiger partial charge in [-0.15, -0.1) is 11.3 Å². The van der Waals surface area contributed by atoms with E-state index in [0.717, 1.165) is 9.78 Å². The highest BCUT2D eigenvalue weighted by Gasteiger charge is 2.44. The van der Waals surface area contributed by atoms with E-state index in [-0.39, 0.29) is 5.57 Å². The Morgan fingerprint density at radius 3 is 2.59 bits per heavy atom. The molecule has 1 saturated heterocycles. The van der Waals surface area contributed by atoms with Crippen LogP contribution in [0.5, 0.6) is 5.75 Å². The molecular formula is C22H24N2O4S. The summed E-state index contributed by atoms with van der Waals surface area (Å²) in [6, 6.07) is 9.65. The SMILES string of the molecule is C=CCOc1ccc(C([O-])=C2C(=O)C(=O)N(CC[NH+](C)C)C2c2cccs2)cc1. The zero-order chi connectivity index (χ0) is 21.0. The monoisotopic (exact) mass is 412 g/mol. The van der Waals surface area contributed by atoms with Crippen LogP contribution < -0.4 is 14.7 Å². The van der Waals surface area contributed by atoms with Crippen molar-refractivity contribution in [2.45, 2.75) is 6.04 Å². The van der Waals surface area contributed by atoms with Crippen molar-refractivity contribution < 1.29 is 24.3 Å². The second-order valence-corrected chi connectivity index (χ2v) is 8.05. The quantitative estimate of drug-likeness (QED) is 0.300. The van der Waals surface area contributed by atoms with Gasteiger partial charge in [-0.3, -0.25) is 9.59 Å². The maximum Gasteiger partial charge on any atom is 0.295 e. The van der Waals surface area contributed by atoms with Gasteiger partial charge in [0.05, 0.1) is 33.2 Å². The lowest BCUT2D eigenvalue weighted by Crippen LogP contribution is -3.06. The normalized spacial score (nSPS) is 18.4. The first kappa shape index (κ1) is 20.8. The minimum atomic E-state index is -0.714. The molecule has 2 aromatic rings. The van der Waals surface area contributed by atoms with Gasteiger partial charge in [0.25, 0.3) is 5.91 Å². The fourth-order valence-electron chi connectivity index (χ4n) is 3.20. The third kappa shape index (κ3) is 4.41. The van der Waals surface area contributed by atoms with Crippen LogP contribution in [-0.2, 0) is 9.59 Å². The largest absolute Gasteiger partial charge is 0.872 e. The van der Waals surface area contributed by atoms with Crippen molar-refractivity contribution in [3.63, 3.8) is 0 Å². The Bertz CT molecular complexity index is 917. The average molecular weight is 413 g/mol. The average Bonchev–Trinajstić information content (AvgIpc) is 3.32. The van der Waals surface area contributed by atoms with Crippen LogP contribution in [-0.4, -0.2) is 50.4 Å². The van der Waals surface area contributed by atoms with Gasteiger partial charge in [-0.25, -0.2) is 0 Å². The van der Waals surface area contributed by atoms with Crippen LogP contribution in [0.4, 0.5) is 0 Å². The van der Waals surface area contributed by atoms with Gasteiger partial charge in [0.1, 0.15) is 12.4 Å². The number of nitrogens with one attached hydrogen (secondary N) is 1. The van der Waals surface area contributed by atoms with Gasteiger partial charge < -0.3 is 19.6 Å². The number of likely N-dealkylation sites (N-methyl/N-ethyl adjacent to an activating group) is 1. The third-order valence-corrected chi connectivity index (χ3v) is 5.60. The lowest BCUT2D eigenvalue weighted by Gasteiger charge is -2.26. The second-order valence-electron chi connectivity index (χ2n) is 7.07. The van der Waals surface area contributed by atoms with E-state index >= 15 is 0 Å². The van der Waals surface area contributed by atoms with E-state index in [4.69, 9.17) is 4.74 Å². The maximum absolute atomic E-state index is 13.2. The summed E-state index contributed by atoms with van der Waals surface area (Å²) in [7, 11) is 3.96. The molecule has 0 radical (unpaired) electrons. The number of hydrogen-bond acceptors (Lipinski definition) is 5. The standard InChI is InChI=1S/C22H24N2O4S/c1-4-13-28-16-9-7-15(8-10-16)20(25)18-19(17-6-5-14-29-17)24(12-11-23(2)3)22(27)21(18)26/h4-10,14,19,25H,1,11-13H2,2-3H3. The van der Waals surface area contributed by atoms with Crippen LogP contribution in [0.15, 0.2) is 60.0 Å². The molecule has 1 N–H and O–H groups in total. The van der Waals surface area contributed by atoms with Gasteiger partial charge in [-0.2, -0.15) is 0 Å². The van der Waals surface area contributed by atoms with Crippen LogP contribution in [0, 0.1) is 0 Å². The molecule has 0 spiro atoms. The van der Waals surface area contributed by atoms with Gasteiger partial charge in [-0.1, -0.05) is 36.6 Å². The van der Waals surface area contributed by atoms with Crippen LogP contribution in [0.25, 0.3) is 5.76 Å². The van der Waals surface area contributed by atoms with Gasteiger partial charge in [0.2, 0.25) is 5.78 Å². The summed E-state index contributed by atoms with van der Waals surface area (Å²) < 4.78 is 5.44. The van der Waals surface area contributed by atoms with Gasteiger partial charge in [-0.05, 0) is 29.1 Å². The zero-order valence-corrected chi connectivity index (χ0v) is 17.3. The first-order chi connectivity index (χ1) is 13.9. The third-order valence-electron chi connectivity index (χ3n) is 4.68. The van der Waals surface area contributed by atoms with E-state index < -0.39 is 23.5 Å². The Labute approximate surface area is 174 Å². The number of Topliss-reactive ketones (excluding diaryl/α,β-unsaturated/α-hetero) is 1. The Balaban J connectivity index is 2.00. The number of amides is 1. The minimum absolute atomic E-state index is 0.0194. The molecule has 1 atom stereocenters. The van der Waals surface area contributed by atoms with E-state index in [2.05, 4.69) is 6.58 Å². The lowest BCUT2D eigenvalue weighted by atomic mass is 10.00. The molecule has 1 aromatic carbocycles. The number of carbonyl (C=O) groups excluding carboxylic acids is 2. The smallest absolute Gasteiger partial charge is 0.295 e. The Hall–Kier alpha value is -2.90. The second kappa shape index (κ2) is 9.07. The molecule has 2 heterocycles. The minimum Gasteiger partial charge on any atom is -0.872 e. The highest BCUT2D eigenvalue weighted by molar-refractivity contribution is 7.10. The highest BCUT2D eigenvalue weighted by Crippen LogP contribution is 2.40. The molecule has 3 rings (SSSR count). The van der Waals surface area contributed by atoms with Crippen molar-refractivity contribution in [3.05, 3.63) is 70.4 Å². The van der Waals surface area contributed by atoms with Crippen molar-refractivity contribution in [1.82, 2.24) is 4.90 Å². The van der Waals surface area contributed by atoms with E-state index in [1.807, 2.05) is 31.6 Å². The van der Waals surface area contributed by atoms with E-state index in [0.29, 0.717) is 31.0 Å². The molecule has 1 aliphatic rings. The van der Waals surface area contributed by atoms with Crippen molar-refractivity contribution >= 4 is 28.8 Å². The van der Waals surface area contributed by atoms with E-state index in [1.54, 1.807) is 30.3 Å². The summed E-state index contributed by atoms with van der Waals surface area (Å²) >= 11 is 1.43. The summed E-state index contributed by atoms with van der Waals surface area (Å²) in [4.78, 5) is 29.0. The number of ketones is 1. The zero-order valence-electron chi connectivity index (χ0n) is 16.5. The molecule has 6 nitrogen and oxygen atoms in total. The molecule has 0 bridgehead atoms. The number of rotatable bonds is 8. The molecule has 7 heteroatoms. The van der Waals surface area contributed by atoms with Crippen LogP contribution in [0.2, 0.25) is 0 Å². The predicted octanol–water partition coefficient (Wildman–Crippen LogP) is 0.681. The molecule has 152 valence electrons. The number of likely N-dealkylation sites (tertiary alicyclic amines) is 1. The molecule has 1 aromatic heterocycles. The number of thiophene rings is 1. The summed E-state index contributed by atoms with van der Waals surface area (Å²) in [5.74, 6) is -1.14. The van der Waals surface area contributed by atoms with Crippen LogP contribution in [0.1, 0.15) is 16.5 Å². The van der Waals surface area contributed by atoms with Gasteiger partial charge in [0.15, 0.2) is 0 Å². The van der Waals surface area contributed by atoms with Gasteiger partial charge >= 0.3 is 0 Å². The first-order valence-electron chi connectivity index (χ1n) is 9.37. The Morgan fingerprint density at radius 2 is 2.00 bits per heavy atom. The van der Waals surface area contributed by atoms with Crippen LogP contribution >= 0.6 is 11.3 Å². The molecular weight excluding hydrogens is 388 g/mol. The molecule has 1 amide bonds. The van der Waals surface area contributed by atoms with Crippen molar-refractivity contribution in [1.29, 1.82) is 0 Å². The van der Waals surface area contributed by atoms with Crippen LogP contribution in [0.3, 0.4) is 0 Å². The summed E-state index contributed by atoms with van der Waals surface area (Å²) in [6.45, 7) is 5.04. The predicted molar refractivity (Wildman–Crippen MR) is 111 cm³/mol. The number of benzene rings is 1. The number of quaternary nitrogens is 1. The number of hydrogen-bond donors (Lipinski definition) is 1. The molecule has 0 saturated carbocycles. The van der Waals surface area contributed by atoms with Crippen molar-refractivity contribution in [2.24, 2.45) is 0 Å². The number of ether oxygens (including phenoxy) is 1. The molecule has 1 unspecified atom stereocenters. The highest BCUT2D eigenvalue weighted by atomic mass is 32.1. The van der Waals surface area contributed by atoms with E-state index in [1.165, 1.54) is 16.2 Å². The van der Waals surface area contributed by atoms with Crippen molar-refractivity contribution in [3.8, 4) is 5.75 Å². The molecule has 29 heavy (non-hydrogen) atoms. The van der Waals surface area contributed by atoms with Gasteiger partial charge in [0, 0.05) is 10.5 Å². The Morgan fingerprint density at radius 1 is 1.28 bits per heavy atom. The summed E-state index contributed by atoms with van der Waals surface area (Å²) in [5, 5.41) is 15.1. The fourth-order valence-corrected chi connectivity index (χ4v) is 4.05.